The third-order valence-corrected chi connectivity index (χ3v) is 4.61. The van der Waals surface area contributed by atoms with Gasteiger partial charge in [0.2, 0.25) is 0 Å². The van der Waals surface area contributed by atoms with Crippen LogP contribution in [0.15, 0.2) is 28.7 Å². The summed E-state index contributed by atoms with van der Waals surface area (Å²) in [5.41, 5.74) is 4.12. The molecule has 20 heavy (non-hydrogen) atoms. The predicted molar refractivity (Wildman–Crippen MR) is 82.9 cm³/mol. The average molecular weight is 335 g/mol. The van der Waals surface area contributed by atoms with Crippen molar-refractivity contribution in [1.82, 2.24) is 0 Å². The minimum atomic E-state index is -0.453. The molecule has 0 unspecified atom stereocenters. The van der Waals surface area contributed by atoms with Crippen molar-refractivity contribution in [2.24, 2.45) is 0 Å². The van der Waals surface area contributed by atoms with Gasteiger partial charge >= 0.3 is 0 Å². The summed E-state index contributed by atoms with van der Waals surface area (Å²) < 4.78 is 15.1. The smallest absolute Gasteiger partial charge is 0.196 e. The summed E-state index contributed by atoms with van der Waals surface area (Å²) in [6, 6.07) is 6.81. The molecule has 0 heterocycles. The number of halogens is 2. The van der Waals surface area contributed by atoms with Crippen LogP contribution >= 0.6 is 15.9 Å². The lowest BCUT2D eigenvalue weighted by atomic mass is 9.95. The molecule has 104 valence electrons. The molecule has 0 atom stereocenters. The van der Waals surface area contributed by atoms with Crippen molar-refractivity contribution in [3.63, 3.8) is 0 Å². The summed E-state index contributed by atoms with van der Waals surface area (Å²) in [6.07, 6.45) is 0. The first-order chi connectivity index (χ1) is 9.31. The van der Waals surface area contributed by atoms with Crippen LogP contribution < -0.4 is 0 Å². The molecule has 0 spiro atoms. The summed E-state index contributed by atoms with van der Waals surface area (Å²) in [7, 11) is 0. The third kappa shape index (κ3) is 2.68. The van der Waals surface area contributed by atoms with E-state index in [0.29, 0.717) is 11.1 Å². The van der Waals surface area contributed by atoms with E-state index in [1.54, 1.807) is 19.1 Å². The maximum Gasteiger partial charge on any atom is 0.196 e. The Kier molecular flexibility index (Phi) is 4.09. The topological polar surface area (TPSA) is 17.1 Å². The Morgan fingerprint density at radius 1 is 0.950 bits per heavy atom. The Morgan fingerprint density at radius 2 is 1.50 bits per heavy atom. The second-order valence-corrected chi connectivity index (χ2v) is 5.98. The van der Waals surface area contributed by atoms with E-state index < -0.39 is 5.82 Å². The molecule has 0 saturated heterocycles. The molecule has 0 aliphatic carbocycles. The number of ketones is 1. The van der Waals surface area contributed by atoms with Gasteiger partial charge in [-0.05, 0) is 68.1 Å². The maximum absolute atomic E-state index is 14.1. The van der Waals surface area contributed by atoms with Crippen LogP contribution in [0.25, 0.3) is 0 Å². The zero-order valence-corrected chi connectivity index (χ0v) is 13.6. The molecule has 0 bridgehead atoms. The van der Waals surface area contributed by atoms with Gasteiger partial charge in [-0.2, -0.15) is 0 Å². The van der Waals surface area contributed by atoms with Gasteiger partial charge in [-0.1, -0.05) is 22.0 Å². The highest BCUT2D eigenvalue weighted by molar-refractivity contribution is 9.10. The lowest BCUT2D eigenvalue weighted by Gasteiger charge is -2.11. The fraction of sp³-hybridized carbons (Fsp3) is 0.235. The first-order valence-corrected chi connectivity index (χ1v) is 7.18. The highest BCUT2D eigenvalue weighted by Crippen LogP contribution is 2.25. The van der Waals surface area contributed by atoms with E-state index >= 15 is 0 Å². The molecule has 0 fully saturated rings. The van der Waals surface area contributed by atoms with Crippen LogP contribution in [0, 0.1) is 33.5 Å². The molecule has 3 heteroatoms. The van der Waals surface area contributed by atoms with Crippen molar-refractivity contribution < 1.29 is 9.18 Å². The van der Waals surface area contributed by atoms with E-state index in [0.717, 1.165) is 21.2 Å². The molecule has 0 aliphatic rings. The summed E-state index contributed by atoms with van der Waals surface area (Å²) in [6.45, 7) is 7.43. The fourth-order valence-electron chi connectivity index (χ4n) is 2.42. The Bertz CT molecular complexity index is 658. The molecule has 0 aromatic heterocycles. The molecule has 0 saturated carbocycles. The van der Waals surface area contributed by atoms with Crippen molar-refractivity contribution >= 4 is 21.7 Å². The molecular weight excluding hydrogens is 319 g/mol. The predicted octanol–water partition coefficient (Wildman–Crippen LogP) is 5.05. The van der Waals surface area contributed by atoms with E-state index in [1.807, 2.05) is 26.8 Å². The molecule has 0 aliphatic heterocycles. The van der Waals surface area contributed by atoms with Crippen LogP contribution in [0.5, 0.6) is 0 Å². The second kappa shape index (κ2) is 5.49. The van der Waals surface area contributed by atoms with Gasteiger partial charge in [-0.15, -0.1) is 0 Å². The molecule has 2 rings (SSSR count). The Hall–Kier alpha value is -1.48. The van der Waals surface area contributed by atoms with Crippen molar-refractivity contribution in [2.45, 2.75) is 27.7 Å². The van der Waals surface area contributed by atoms with Crippen molar-refractivity contribution in [2.75, 3.05) is 0 Å². The summed E-state index contributed by atoms with van der Waals surface area (Å²) in [4.78, 5) is 12.6. The lowest BCUT2D eigenvalue weighted by Crippen LogP contribution is -2.08. The fourth-order valence-corrected chi connectivity index (χ4v) is 2.65. The SMILES string of the molecule is Cc1cc(C)c(C(=O)c2cc(C)c(Br)c(C)c2)c(F)c1. The number of aryl methyl sites for hydroxylation is 4. The molecule has 1 nitrogen and oxygen atoms in total. The average Bonchev–Trinajstić information content (AvgIpc) is 2.33. The quantitative estimate of drug-likeness (QED) is 0.702. The zero-order valence-electron chi connectivity index (χ0n) is 12.0. The van der Waals surface area contributed by atoms with Gasteiger partial charge < -0.3 is 0 Å². The third-order valence-electron chi connectivity index (χ3n) is 3.36. The van der Waals surface area contributed by atoms with Crippen LogP contribution in [0.2, 0.25) is 0 Å². The number of hydrogen-bond acceptors (Lipinski definition) is 1. The van der Waals surface area contributed by atoms with Gasteiger partial charge in [-0.25, -0.2) is 4.39 Å². The Balaban J connectivity index is 2.58. The number of carbonyl (C=O) groups excluding carboxylic acids is 1. The van der Waals surface area contributed by atoms with Gasteiger partial charge in [0, 0.05) is 10.0 Å². The van der Waals surface area contributed by atoms with Crippen molar-refractivity contribution in [1.29, 1.82) is 0 Å². The zero-order chi connectivity index (χ0) is 15.0. The van der Waals surface area contributed by atoms with E-state index in [9.17, 15) is 9.18 Å². The number of hydrogen-bond donors (Lipinski definition) is 0. The number of benzene rings is 2. The Labute approximate surface area is 127 Å². The van der Waals surface area contributed by atoms with E-state index in [1.165, 1.54) is 6.07 Å². The van der Waals surface area contributed by atoms with Gasteiger partial charge in [-0.3, -0.25) is 4.79 Å². The highest BCUT2D eigenvalue weighted by Gasteiger charge is 2.18. The highest BCUT2D eigenvalue weighted by atomic mass is 79.9. The second-order valence-electron chi connectivity index (χ2n) is 5.19. The van der Waals surface area contributed by atoms with Gasteiger partial charge in [0.05, 0.1) is 5.56 Å². The van der Waals surface area contributed by atoms with Crippen LogP contribution in [0.4, 0.5) is 4.39 Å². The van der Waals surface area contributed by atoms with Crippen LogP contribution in [-0.2, 0) is 0 Å². The largest absolute Gasteiger partial charge is 0.288 e. The molecule has 2 aromatic rings. The van der Waals surface area contributed by atoms with Crippen LogP contribution in [-0.4, -0.2) is 5.78 Å². The lowest BCUT2D eigenvalue weighted by molar-refractivity contribution is 0.103. The van der Waals surface area contributed by atoms with Gasteiger partial charge in [0.15, 0.2) is 5.78 Å². The summed E-state index contributed by atoms with van der Waals surface area (Å²) in [5.74, 6) is -0.718. The molecule has 0 amide bonds. The summed E-state index contributed by atoms with van der Waals surface area (Å²) >= 11 is 3.47. The Morgan fingerprint density at radius 3 is 2.00 bits per heavy atom. The standard InChI is InChI=1S/C17H16BrFO/c1-9-5-10(2)15(14(19)6-9)17(20)13-7-11(3)16(18)12(4)8-13/h5-8H,1-4H3. The minimum Gasteiger partial charge on any atom is -0.288 e. The first kappa shape index (κ1) is 14.9. The number of rotatable bonds is 2. The monoisotopic (exact) mass is 334 g/mol. The van der Waals surface area contributed by atoms with Crippen molar-refractivity contribution in [3.05, 3.63) is 67.9 Å². The molecular formula is C17H16BrFO. The van der Waals surface area contributed by atoms with Crippen LogP contribution in [0.3, 0.4) is 0 Å². The maximum atomic E-state index is 14.1. The minimum absolute atomic E-state index is 0.164. The number of carbonyl (C=O) groups is 1. The van der Waals surface area contributed by atoms with Gasteiger partial charge in [0.25, 0.3) is 0 Å². The van der Waals surface area contributed by atoms with E-state index in [-0.39, 0.29) is 11.3 Å². The molecule has 0 radical (unpaired) electrons. The summed E-state index contributed by atoms with van der Waals surface area (Å²) in [5, 5.41) is 0. The van der Waals surface area contributed by atoms with Crippen molar-refractivity contribution in [3.8, 4) is 0 Å². The van der Waals surface area contributed by atoms with Crippen LogP contribution in [0.1, 0.15) is 38.2 Å². The molecule has 0 N–H and O–H groups in total. The van der Waals surface area contributed by atoms with Gasteiger partial charge in [0.1, 0.15) is 5.82 Å². The van der Waals surface area contributed by atoms with E-state index in [2.05, 4.69) is 15.9 Å². The normalized spacial score (nSPS) is 10.7. The molecule has 2 aromatic carbocycles. The van der Waals surface area contributed by atoms with E-state index in [4.69, 9.17) is 0 Å². The first-order valence-electron chi connectivity index (χ1n) is 6.39.